The summed E-state index contributed by atoms with van der Waals surface area (Å²) in [5.74, 6) is -0.281. The van der Waals surface area contributed by atoms with E-state index in [0.29, 0.717) is 11.5 Å². The van der Waals surface area contributed by atoms with E-state index in [-0.39, 0.29) is 18.9 Å². The van der Waals surface area contributed by atoms with Crippen molar-refractivity contribution in [1.82, 2.24) is 5.43 Å². The maximum atomic E-state index is 12.8. The van der Waals surface area contributed by atoms with Gasteiger partial charge in [0.15, 0.2) is 0 Å². The smallest absolute Gasteiger partial charge is 0.264 e. The van der Waals surface area contributed by atoms with Gasteiger partial charge in [-0.3, -0.25) is 8.98 Å². The third-order valence-electron chi connectivity index (χ3n) is 4.87. The van der Waals surface area contributed by atoms with Gasteiger partial charge in [0.05, 0.1) is 25.7 Å². The van der Waals surface area contributed by atoms with Gasteiger partial charge >= 0.3 is 0 Å². The molecule has 3 rings (SSSR count). The molecule has 33 heavy (non-hydrogen) atoms. The second-order valence-corrected chi connectivity index (χ2v) is 9.04. The van der Waals surface area contributed by atoms with Crippen LogP contribution in [0.15, 0.2) is 90.0 Å². The zero-order valence-corrected chi connectivity index (χ0v) is 19.3. The molecular formula is C25H26N2O5S. The molecule has 0 fully saturated rings. The van der Waals surface area contributed by atoms with Crippen molar-refractivity contribution >= 4 is 21.7 Å². The molecular weight excluding hydrogens is 440 g/mol. The van der Waals surface area contributed by atoms with Crippen LogP contribution in [0.1, 0.15) is 29.0 Å². The summed E-state index contributed by atoms with van der Waals surface area (Å²) >= 11 is 0. The van der Waals surface area contributed by atoms with Crippen molar-refractivity contribution < 1.29 is 22.1 Å². The summed E-state index contributed by atoms with van der Waals surface area (Å²) in [6.07, 6.45) is 0.953. The van der Waals surface area contributed by atoms with Crippen LogP contribution in [-0.2, 0) is 19.1 Å². The molecule has 8 heteroatoms. The normalized spacial score (nSPS) is 11.9. The van der Waals surface area contributed by atoms with Crippen molar-refractivity contribution in [3.8, 4) is 5.75 Å². The highest BCUT2D eigenvalue weighted by Gasteiger charge is 2.20. The molecule has 0 heterocycles. The quantitative estimate of drug-likeness (QED) is 0.279. The highest BCUT2D eigenvalue weighted by molar-refractivity contribution is 7.85. The minimum absolute atomic E-state index is 0.0248. The number of rotatable bonds is 10. The van der Waals surface area contributed by atoms with Crippen molar-refractivity contribution in [2.24, 2.45) is 5.10 Å². The van der Waals surface area contributed by atoms with Gasteiger partial charge in [-0.15, -0.1) is 0 Å². The molecule has 3 aromatic rings. The van der Waals surface area contributed by atoms with E-state index >= 15 is 0 Å². The van der Waals surface area contributed by atoms with Crippen LogP contribution in [0.2, 0.25) is 0 Å². The number of carbonyl (C=O) groups is 1. The first-order valence-electron chi connectivity index (χ1n) is 10.3. The first-order chi connectivity index (χ1) is 15.9. The van der Waals surface area contributed by atoms with Crippen molar-refractivity contribution in [1.29, 1.82) is 0 Å². The fourth-order valence-electron chi connectivity index (χ4n) is 3.25. The third kappa shape index (κ3) is 7.55. The molecule has 0 saturated carbocycles. The third-order valence-corrected chi connectivity index (χ3v) is 5.43. The van der Waals surface area contributed by atoms with Crippen LogP contribution in [0.5, 0.6) is 5.75 Å². The minimum atomic E-state index is -3.67. The van der Waals surface area contributed by atoms with E-state index in [1.165, 1.54) is 7.11 Å². The molecule has 1 atom stereocenters. The van der Waals surface area contributed by atoms with Crippen LogP contribution in [-0.4, -0.2) is 40.0 Å². The second-order valence-electron chi connectivity index (χ2n) is 7.39. The molecule has 172 valence electrons. The van der Waals surface area contributed by atoms with Crippen molar-refractivity contribution in [3.63, 3.8) is 0 Å². The Morgan fingerprint density at radius 2 is 1.55 bits per heavy atom. The summed E-state index contributed by atoms with van der Waals surface area (Å²) in [4.78, 5) is 12.8. The van der Waals surface area contributed by atoms with Crippen LogP contribution in [0.25, 0.3) is 0 Å². The van der Waals surface area contributed by atoms with Crippen molar-refractivity contribution in [3.05, 3.63) is 102 Å². The number of nitrogens with zero attached hydrogens (tertiary/aromatic N) is 1. The molecule has 7 nitrogen and oxygen atoms in total. The molecule has 0 bridgehead atoms. The Balaban J connectivity index is 1.82. The second kappa shape index (κ2) is 11.4. The van der Waals surface area contributed by atoms with Gasteiger partial charge in [0.25, 0.3) is 10.1 Å². The highest BCUT2D eigenvalue weighted by Crippen LogP contribution is 2.25. The summed E-state index contributed by atoms with van der Waals surface area (Å²) in [6.45, 7) is -0.173. The van der Waals surface area contributed by atoms with E-state index in [0.717, 1.165) is 22.9 Å². The van der Waals surface area contributed by atoms with E-state index in [1.54, 1.807) is 24.3 Å². The number of hydrazone groups is 1. The summed E-state index contributed by atoms with van der Waals surface area (Å²) in [6, 6.07) is 26.2. The summed E-state index contributed by atoms with van der Waals surface area (Å²) in [5, 5.41) is 4.39. The number of carbonyl (C=O) groups excluding carboxylic acids is 1. The van der Waals surface area contributed by atoms with Crippen molar-refractivity contribution in [2.75, 3.05) is 20.0 Å². The predicted molar refractivity (Wildman–Crippen MR) is 128 cm³/mol. The van der Waals surface area contributed by atoms with Gasteiger partial charge < -0.3 is 4.74 Å². The molecule has 0 aliphatic rings. The molecule has 0 aromatic heterocycles. The fraction of sp³-hybridized carbons (Fsp3) is 0.200. The number of hydrogen-bond acceptors (Lipinski definition) is 6. The largest absolute Gasteiger partial charge is 0.497 e. The minimum Gasteiger partial charge on any atom is -0.497 e. The van der Waals surface area contributed by atoms with E-state index in [4.69, 9.17) is 8.92 Å². The van der Waals surface area contributed by atoms with Gasteiger partial charge in [-0.2, -0.15) is 13.5 Å². The molecule has 0 saturated heterocycles. The Kier molecular flexibility index (Phi) is 8.34. The monoisotopic (exact) mass is 466 g/mol. The maximum absolute atomic E-state index is 12.8. The number of nitrogens with one attached hydrogen (secondary N) is 1. The lowest BCUT2D eigenvalue weighted by atomic mass is 9.96. The average molecular weight is 467 g/mol. The number of benzene rings is 3. The van der Waals surface area contributed by atoms with Crippen molar-refractivity contribution in [2.45, 2.75) is 12.3 Å². The average Bonchev–Trinajstić information content (AvgIpc) is 2.82. The molecule has 1 unspecified atom stereocenters. The standard InChI is InChI=1S/C25H26N2O5S/c1-31-23-15-9-14-21(16-23)22(18-32-33(2,29)30)17-24(28)26-27-25(19-10-5-3-6-11-19)20-12-7-4-8-13-20/h3-16,22H,17-18H2,1-2H3,(H,26,28). The van der Waals surface area contributed by atoms with Crippen LogP contribution in [0.4, 0.5) is 0 Å². The van der Waals surface area contributed by atoms with Crippen LogP contribution < -0.4 is 10.2 Å². The molecule has 0 aliphatic heterocycles. The SMILES string of the molecule is COc1cccc(C(COS(C)(=O)=O)CC(=O)NN=C(c2ccccc2)c2ccccc2)c1. The van der Waals surface area contributed by atoms with Gasteiger partial charge in [-0.25, -0.2) is 5.43 Å². The molecule has 0 aliphatic carbocycles. The number of hydrogen-bond donors (Lipinski definition) is 1. The lowest BCUT2D eigenvalue weighted by Crippen LogP contribution is -2.24. The zero-order valence-electron chi connectivity index (χ0n) is 18.5. The fourth-order valence-corrected chi connectivity index (χ4v) is 3.66. The van der Waals surface area contributed by atoms with Gasteiger partial charge in [-0.05, 0) is 17.7 Å². The first kappa shape index (κ1) is 24.2. The lowest BCUT2D eigenvalue weighted by Gasteiger charge is -2.17. The zero-order chi connectivity index (χ0) is 23.7. The first-order valence-corrected chi connectivity index (χ1v) is 12.1. The van der Waals surface area contributed by atoms with E-state index in [9.17, 15) is 13.2 Å². The van der Waals surface area contributed by atoms with Gasteiger partial charge in [-0.1, -0.05) is 72.8 Å². The Hall–Kier alpha value is -3.49. The Labute approximate surface area is 194 Å². The Morgan fingerprint density at radius 3 is 2.09 bits per heavy atom. The number of ether oxygens (including phenoxy) is 1. The van der Waals surface area contributed by atoms with Gasteiger partial charge in [0.1, 0.15) is 5.75 Å². The maximum Gasteiger partial charge on any atom is 0.264 e. The Bertz CT molecular complexity index is 1150. The van der Waals surface area contributed by atoms with Crippen LogP contribution in [0, 0.1) is 0 Å². The van der Waals surface area contributed by atoms with Gasteiger partial charge in [0, 0.05) is 23.5 Å². The highest BCUT2D eigenvalue weighted by atomic mass is 32.2. The topological polar surface area (TPSA) is 94.1 Å². The predicted octanol–water partition coefficient (Wildman–Crippen LogP) is 3.71. The molecule has 0 spiro atoms. The number of methoxy groups -OCH3 is 1. The van der Waals surface area contributed by atoms with Crippen LogP contribution >= 0.6 is 0 Å². The van der Waals surface area contributed by atoms with Gasteiger partial charge in [0.2, 0.25) is 5.91 Å². The van der Waals surface area contributed by atoms with Crippen LogP contribution in [0.3, 0.4) is 0 Å². The summed E-state index contributed by atoms with van der Waals surface area (Å²) < 4.78 is 33.3. The molecule has 3 aromatic carbocycles. The van der Waals surface area contributed by atoms with E-state index in [1.807, 2.05) is 60.7 Å². The molecule has 1 amide bonds. The lowest BCUT2D eigenvalue weighted by molar-refractivity contribution is -0.121. The number of amides is 1. The summed E-state index contributed by atoms with van der Waals surface area (Å²) in [5.41, 5.74) is 5.67. The molecule has 1 N–H and O–H groups in total. The summed E-state index contributed by atoms with van der Waals surface area (Å²) in [7, 11) is -2.13. The Morgan fingerprint density at radius 1 is 0.939 bits per heavy atom. The molecule has 0 radical (unpaired) electrons. The van der Waals surface area contributed by atoms with E-state index in [2.05, 4.69) is 10.5 Å². The van der Waals surface area contributed by atoms with E-state index < -0.39 is 16.0 Å².